The van der Waals surface area contributed by atoms with Gasteiger partial charge in [0, 0.05) is 18.7 Å². The van der Waals surface area contributed by atoms with Crippen LogP contribution in [0, 0.1) is 0 Å². The van der Waals surface area contributed by atoms with Crippen LogP contribution in [0.1, 0.15) is 6.92 Å². The predicted molar refractivity (Wildman–Crippen MR) is 65.8 cm³/mol. The maximum atomic E-state index is 5.59. The molecule has 5 nitrogen and oxygen atoms in total. The van der Waals surface area contributed by atoms with Crippen molar-refractivity contribution in [1.82, 2.24) is 14.9 Å². The van der Waals surface area contributed by atoms with Gasteiger partial charge in [0.15, 0.2) is 0 Å². The number of hydrogen-bond acceptors (Lipinski definition) is 5. The Bertz CT molecular complexity index is 308. The SMILES string of the molecule is CC(CNc1nc(N)cc(Br)n1)N(C)C. The van der Waals surface area contributed by atoms with Crippen molar-refractivity contribution in [3.8, 4) is 0 Å². The molecule has 0 aromatic carbocycles. The molecule has 1 aromatic rings. The third kappa shape index (κ3) is 4.01. The minimum atomic E-state index is 0.411. The van der Waals surface area contributed by atoms with Crippen LogP contribution < -0.4 is 11.1 Å². The van der Waals surface area contributed by atoms with Crippen LogP contribution in [0.5, 0.6) is 0 Å². The first-order valence-corrected chi connectivity index (χ1v) is 5.48. The van der Waals surface area contributed by atoms with Gasteiger partial charge in [-0.2, -0.15) is 4.98 Å². The van der Waals surface area contributed by atoms with Crippen molar-refractivity contribution in [3.05, 3.63) is 10.7 Å². The molecule has 1 atom stereocenters. The van der Waals surface area contributed by atoms with Crippen molar-refractivity contribution in [2.24, 2.45) is 0 Å². The molecule has 0 aliphatic heterocycles. The normalized spacial score (nSPS) is 12.9. The molecule has 0 radical (unpaired) electrons. The van der Waals surface area contributed by atoms with Gasteiger partial charge in [0.25, 0.3) is 0 Å². The van der Waals surface area contributed by atoms with E-state index in [1.807, 2.05) is 14.1 Å². The maximum absolute atomic E-state index is 5.59. The van der Waals surface area contributed by atoms with Gasteiger partial charge in [0.2, 0.25) is 5.95 Å². The minimum Gasteiger partial charge on any atom is -0.383 e. The molecule has 3 N–H and O–H groups in total. The monoisotopic (exact) mass is 273 g/mol. The summed E-state index contributed by atoms with van der Waals surface area (Å²) in [6, 6.07) is 2.08. The summed E-state index contributed by atoms with van der Waals surface area (Å²) in [4.78, 5) is 10.4. The first-order valence-electron chi connectivity index (χ1n) is 4.69. The van der Waals surface area contributed by atoms with Gasteiger partial charge in [-0.1, -0.05) is 0 Å². The molecule has 84 valence electrons. The highest BCUT2D eigenvalue weighted by Gasteiger charge is 2.05. The van der Waals surface area contributed by atoms with Crippen LogP contribution in [0.2, 0.25) is 0 Å². The first kappa shape index (κ1) is 12.2. The van der Waals surface area contributed by atoms with Gasteiger partial charge in [0.05, 0.1) is 0 Å². The van der Waals surface area contributed by atoms with E-state index in [2.05, 4.69) is 43.0 Å². The van der Waals surface area contributed by atoms with Crippen molar-refractivity contribution in [3.63, 3.8) is 0 Å². The Hall–Kier alpha value is -0.880. The van der Waals surface area contributed by atoms with E-state index in [0.717, 1.165) is 6.54 Å². The number of hydrogen-bond donors (Lipinski definition) is 2. The van der Waals surface area contributed by atoms with Crippen LogP contribution in [0.25, 0.3) is 0 Å². The summed E-state index contributed by atoms with van der Waals surface area (Å²) in [6.07, 6.45) is 0. The van der Waals surface area contributed by atoms with Crippen molar-refractivity contribution in [2.45, 2.75) is 13.0 Å². The largest absolute Gasteiger partial charge is 0.383 e. The highest BCUT2D eigenvalue weighted by Crippen LogP contribution is 2.12. The van der Waals surface area contributed by atoms with Gasteiger partial charge in [-0.05, 0) is 36.9 Å². The average molecular weight is 274 g/mol. The van der Waals surface area contributed by atoms with E-state index in [4.69, 9.17) is 5.73 Å². The second-order valence-electron chi connectivity index (χ2n) is 3.63. The second kappa shape index (κ2) is 5.27. The quantitative estimate of drug-likeness (QED) is 0.807. The standard InChI is InChI=1S/C9H16BrN5/c1-6(15(2)3)5-12-9-13-7(10)4-8(11)14-9/h4,6H,5H2,1-3H3,(H3,11,12,13,14). The Morgan fingerprint density at radius 3 is 2.73 bits per heavy atom. The van der Waals surface area contributed by atoms with Gasteiger partial charge in [-0.15, -0.1) is 0 Å². The third-order valence-electron chi connectivity index (χ3n) is 2.15. The van der Waals surface area contributed by atoms with Crippen molar-refractivity contribution in [2.75, 3.05) is 31.7 Å². The van der Waals surface area contributed by atoms with E-state index in [1.165, 1.54) is 0 Å². The lowest BCUT2D eigenvalue weighted by Gasteiger charge is -2.19. The molecule has 0 fully saturated rings. The van der Waals surface area contributed by atoms with E-state index in [9.17, 15) is 0 Å². The summed E-state index contributed by atoms with van der Waals surface area (Å²) in [5, 5.41) is 3.13. The predicted octanol–water partition coefficient (Wildman–Crippen LogP) is 1.18. The van der Waals surface area contributed by atoms with Gasteiger partial charge < -0.3 is 16.0 Å². The number of aromatic nitrogens is 2. The molecular weight excluding hydrogens is 258 g/mol. The number of nitrogens with two attached hydrogens (primary N) is 1. The van der Waals surface area contributed by atoms with Gasteiger partial charge in [0.1, 0.15) is 10.4 Å². The molecule has 1 aromatic heterocycles. The van der Waals surface area contributed by atoms with E-state index in [1.54, 1.807) is 6.07 Å². The Morgan fingerprint density at radius 1 is 1.53 bits per heavy atom. The molecule has 1 unspecified atom stereocenters. The van der Waals surface area contributed by atoms with E-state index < -0.39 is 0 Å². The van der Waals surface area contributed by atoms with E-state index in [-0.39, 0.29) is 0 Å². The molecule has 1 heterocycles. The summed E-state index contributed by atoms with van der Waals surface area (Å²) in [7, 11) is 4.06. The Balaban J connectivity index is 2.57. The summed E-state index contributed by atoms with van der Waals surface area (Å²) in [6.45, 7) is 2.90. The topological polar surface area (TPSA) is 67.1 Å². The smallest absolute Gasteiger partial charge is 0.225 e. The lowest BCUT2D eigenvalue weighted by atomic mass is 10.3. The fourth-order valence-corrected chi connectivity index (χ4v) is 1.34. The maximum Gasteiger partial charge on any atom is 0.225 e. The van der Waals surface area contributed by atoms with Crippen LogP contribution in [-0.2, 0) is 0 Å². The Kier molecular flexibility index (Phi) is 4.28. The zero-order valence-corrected chi connectivity index (χ0v) is 10.7. The number of nitrogens with one attached hydrogen (secondary N) is 1. The number of halogens is 1. The van der Waals surface area contributed by atoms with E-state index >= 15 is 0 Å². The number of anilines is 2. The number of rotatable bonds is 4. The molecule has 15 heavy (non-hydrogen) atoms. The first-order chi connectivity index (χ1) is 6.99. The van der Waals surface area contributed by atoms with Crippen LogP contribution in [0.3, 0.4) is 0 Å². The fraction of sp³-hybridized carbons (Fsp3) is 0.556. The zero-order valence-electron chi connectivity index (χ0n) is 9.16. The fourth-order valence-electron chi connectivity index (χ4n) is 0.936. The van der Waals surface area contributed by atoms with Crippen molar-refractivity contribution in [1.29, 1.82) is 0 Å². The molecule has 0 bridgehead atoms. The molecule has 0 amide bonds. The van der Waals surface area contributed by atoms with Crippen molar-refractivity contribution < 1.29 is 0 Å². The second-order valence-corrected chi connectivity index (χ2v) is 4.45. The van der Waals surface area contributed by atoms with Crippen molar-refractivity contribution >= 4 is 27.7 Å². The van der Waals surface area contributed by atoms with Crippen LogP contribution >= 0.6 is 15.9 Å². The van der Waals surface area contributed by atoms with Crippen LogP contribution in [0.4, 0.5) is 11.8 Å². The molecule has 0 spiro atoms. The zero-order chi connectivity index (χ0) is 11.4. The van der Waals surface area contributed by atoms with Gasteiger partial charge in [-0.25, -0.2) is 4.98 Å². The van der Waals surface area contributed by atoms with Gasteiger partial charge >= 0.3 is 0 Å². The van der Waals surface area contributed by atoms with Gasteiger partial charge in [-0.3, -0.25) is 0 Å². The summed E-state index contributed by atoms with van der Waals surface area (Å²) in [5.74, 6) is 1.01. The lowest BCUT2D eigenvalue weighted by molar-refractivity contribution is 0.326. The molecule has 1 rings (SSSR count). The lowest BCUT2D eigenvalue weighted by Crippen LogP contribution is -2.31. The summed E-state index contributed by atoms with van der Waals surface area (Å²) >= 11 is 3.27. The van der Waals surface area contributed by atoms with E-state index in [0.29, 0.717) is 22.4 Å². The number of likely N-dealkylation sites (N-methyl/N-ethyl adjacent to an activating group) is 1. The number of nitrogen functional groups attached to an aromatic ring is 1. The molecule has 6 heteroatoms. The molecule has 0 saturated heterocycles. The molecular formula is C9H16BrN5. The Morgan fingerprint density at radius 2 is 2.20 bits per heavy atom. The molecule has 0 aliphatic rings. The highest BCUT2D eigenvalue weighted by molar-refractivity contribution is 9.10. The summed E-state index contributed by atoms with van der Waals surface area (Å²) in [5.41, 5.74) is 5.59. The average Bonchev–Trinajstić information content (AvgIpc) is 2.12. The summed E-state index contributed by atoms with van der Waals surface area (Å²) < 4.78 is 0.690. The molecule has 0 saturated carbocycles. The Labute approximate surface area is 98.2 Å². The minimum absolute atomic E-state index is 0.411. The molecule has 0 aliphatic carbocycles. The van der Waals surface area contributed by atoms with Crippen LogP contribution in [-0.4, -0.2) is 41.5 Å². The van der Waals surface area contributed by atoms with Crippen LogP contribution in [0.15, 0.2) is 10.7 Å². The third-order valence-corrected chi connectivity index (χ3v) is 2.56. The number of nitrogens with zero attached hydrogens (tertiary/aromatic N) is 3. The highest BCUT2D eigenvalue weighted by atomic mass is 79.9.